The number of ether oxygens (including phenoxy) is 3. The van der Waals surface area contributed by atoms with Gasteiger partial charge in [-0.3, -0.25) is 0 Å². The second-order valence-electron chi connectivity index (χ2n) is 4.17. The van der Waals surface area contributed by atoms with E-state index in [2.05, 4.69) is 6.58 Å². The summed E-state index contributed by atoms with van der Waals surface area (Å²) in [6.07, 6.45) is -0.807. The minimum Gasteiger partial charge on any atom is -0.463 e. The van der Waals surface area contributed by atoms with Gasteiger partial charge in [-0.1, -0.05) is 6.58 Å². The summed E-state index contributed by atoms with van der Waals surface area (Å²) < 4.78 is 14.9. The maximum absolute atomic E-state index is 11.8. The zero-order chi connectivity index (χ0) is 16.5. The van der Waals surface area contributed by atoms with Gasteiger partial charge in [-0.25, -0.2) is 14.5 Å². The Labute approximate surface area is 125 Å². The van der Waals surface area contributed by atoms with Gasteiger partial charge in [0.1, 0.15) is 6.10 Å². The zero-order valence-electron chi connectivity index (χ0n) is 13.3. The lowest BCUT2D eigenvalue weighted by Gasteiger charge is -2.27. The molecule has 0 N–H and O–H groups in total. The first kappa shape index (κ1) is 19.6. The number of esters is 2. The molecule has 21 heavy (non-hydrogen) atoms. The number of carbonyl (C=O) groups is 2. The molecule has 0 bridgehead atoms. The fourth-order valence-electron chi connectivity index (χ4n) is 1.27. The topological polar surface area (TPSA) is 80.3 Å². The van der Waals surface area contributed by atoms with Crippen LogP contribution in [0.1, 0.15) is 34.6 Å². The van der Waals surface area contributed by atoms with Gasteiger partial charge in [0.25, 0.3) is 5.79 Å². The van der Waals surface area contributed by atoms with Gasteiger partial charge in [-0.2, -0.15) is 4.89 Å². The number of hydrogen-bond donors (Lipinski definition) is 0. The van der Waals surface area contributed by atoms with Crippen molar-refractivity contribution in [1.29, 1.82) is 0 Å². The molecule has 0 amide bonds. The molecular formula is C14H24O7. The Kier molecular flexibility index (Phi) is 8.84. The molecule has 0 fully saturated rings. The van der Waals surface area contributed by atoms with Crippen LogP contribution in [0.2, 0.25) is 0 Å². The molecule has 0 aromatic heterocycles. The van der Waals surface area contributed by atoms with Gasteiger partial charge in [-0.05, 0) is 27.7 Å². The Balaban J connectivity index is 4.64. The quantitative estimate of drug-likeness (QED) is 0.200. The summed E-state index contributed by atoms with van der Waals surface area (Å²) in [4.78, 5) is 33.4. The third-order valence-electron chi connectivity index (χ3n) is 2.45. The average Bonchev–Trinajstić information content (AvgIpc) is 2.44. The maximum Gasteiger partial charge on any atom is 0.369 e. The molecule has 7 heteroatoms. The molecular weight excluding hydrogens is 280 g/mol. The van der Waals surface area contributed by atoms with Crippen LogP contribution in [-0.4, -0.2) is 43.7 Å². The molecule has 0 aromatic rings. The van der Waals surface area contributed by atoms with Crippen LogP contribution in [0.3, 0.4) is 0 Å². The van der Waals surface area contributed by atoms with Crippen LogP contribution in [0.25, 0.3) is 0 Å². The van der Waals surface area contributed by atoms with Crippen molar-refractivity contribution >= 4 is 11.9 Å². The highest BCUT2D eigenvalue weighted by atomic mass is 17.2. The molecule has 0 aliphatic carbocycles. The summed E-state index contributed by atoms with van der Waals surface area (Å²) in [5.41, 5.74) is 0.0690. The normalized spacial score (nSPS) is 14.9. The van der Waals surface area contributed by atoms with Crippen molar-refractivity contribution in [1.82, 2.24) is 0 Å². The van der Waals surface area contributed by atoms with Crippen LogP contribution in [0.4, 0.5) is 0 Å². The van der Waals surface area contributed by atoms with Crippen molar-refractivity contribution in [3.63, 3.8) is 0 Å². The largest absolute Gasteiger partial charge is 0.463 e. The van der Waals surface area contributed by atoms with E-state index in [4.69, 9.17) is 24.0 Å². The smallest absolute Gasteiger partial charge is 0.369 e. The van der Waals surface area contributed by atoms with Crippen molar-refractivity contribution in [2.24, 2.45) is 0 Å². The minimum atomic E-state index is -1.71. The van der Waals surface area contributed by atoms with Crippen molar-refractivity contribution in [3.8, 4) is 0 Å². The van der Waals surface area contributed by atoms with Gasteiger partial charge >= 0.3 is 11.9 Å². The van der Waals surface area contributed by atoms with Crippen molar-refractivity contribution < 1.29 is 33.6 Å². The van der Waals surface area contributed by atoms with Gasteiger partial charge in [-0.15, -0.1) is 0 Å². The Bertz CT molecular complexity index is 366. The third kappa shape index (κ3) is 6.24. The molecule has 2 atom stereocenters. The molecule has 0 saturated carbocycles. The number of rotatable bonds is 10. The molecule has 0 radical (unpaired) electrons. The Morgan fingerprint density at radius 3 is 2.14 bits per heavy atom. The number of hydrogen-bond acceptors (Lipinski definition) is 7. The van der Waals surface area contributed by atoms with Crippen LogP contribution in [0.15, 0.2) is 12.2 Å². The molecule has 0 rings (SSSR count). The minimum absolute atomic E-state index is 0.0690. The van der Waals surface area contributed by atoms with E-state index in [1.54, 1.807) is 20.8 Å². The first-order valence-electron chi connectivity index (χ1n) is 6.83. The molecule has 0 heterocycles. The summed E-state index contributed by atoms with van der Waals surface area (Å²) in [5.74, 6) is -3.03. The Hall–Kier alpha value is -1.44. The zero-order valence-corrected chi connectivity index (χ0v) is 13.3. The Morgan fingerprint density at radius 2 is 1.67 bits per heavy atom. The standard InChI is InChI=1S/C14H24O7/c1-7-17-12(15)10(4)11(5)20-21-14(6,19-9-3)13(16)18-8-2/h11H,4,7-9H2,1-3,5-6H3. The maximum atomic E-state index is 11.8. The second-order valence-corrected chi connectivity index (χ2v) is 4.17. The van der Waals surface area contributed by atoms with Crippen LogP contribution in [0.5, 0.6) is 0 Å². The van der Waals surface area contributed by atoms with Crippen LogP contribution < -0.4 is 0 Å². The van der Waals surface area contributed by atoms with E-state index in [0.29, 0.717) is 0 Å². The lowest BCUT2D eigenvalue weighted by Crippen LogP contribution is -2.44. The molecule has 0 aromatic carbocycles. The van der Waals surface area contributed by atoms with Crippen LogP contribution >= 0.6 is 0 Å². The summed E-state index contributed by atoms with van der Waals surface area (Å²) in [5, 5.41) is 0. The van der Waals surface area contributed by atoms with E-state index in [0.717, 1.165) is 0 Å². The van der Waals surface area contributed by atoms with Gasteiger partial charge in [0.15, 0.2) is 0 Å². The Morgan fingerprint density at radius 1 is 1.10 bits per heavy atom. The molecule has 0 aliphatic rings. The fourth-order valence-corrected chi connectivity index (χ4v) is 1.27. The van der Waals surface area contributed by atoms with Crippen molar-refractivity contribution in [2.75, 3.05) is 19.8 Å². The van der Waals surface area contributed by atoms with E-state index < -0.39 is 23.8 Å². The van der Waals surface area contributed by atoms with Crippen LogP contribution in [0, 0.1) is 0 Å². The molecule has 2 unspecified atom stereocenters. The number of carbonyl (C=O) groups excluding carboxylic acids is 2. The first-order chi connectivity index (χ1) is 9.82. The third-order valence-corrected chi connectivity index (χ3v) is 2.45. The summed E-state index contributed by atoms with van der Waals surface area (Å²) in [6, 6.07) is 0. The summed E-state index contributed by atoms with van der Waals surface area (Å²) >= 11 is 0. The predicted octanol–water partition coefficient (Wildman–Crippen LogP) is 1.76. The van der Waals surface area contributed by atoms with Gasteiger partial charge in [0.05, 0.1) is 18.8 Å². The SMILES string of the molecule is C=C(C(=O)OCC)C(C)OOC(C)(OCC)C(=O)OCC. The van der Waals surface area contributed by atoms with E-state index in [1.807, 2.05) is 0 Å². The van der Waals surface area contributed by atoms with E-state index in [9.17, 15) is 9.59 Å². The van der Waals surface area contributed by atoms with E-state index in [1.165, 1.54) is 13.8 Å². The first-order valence-corrected chi connectivity index (χ1v) is 6.83. The van der Waals surface area contributed by atoms with E-state index >= 15 is 0 Å². The highest BCUT2D eigenvalue weighted by molar-refractivity contribution is 5.88. The summed E-state index contributed by atoms with van der Waals surface area (Å²) in [6.45, 7) is 12.1. The predicted molar refractivity (Wildman–Crippen MR) is 74.1 cm³/mol. The monoisotopic (exact) mass is 304 g/mol. The molecule has 0 saturated heterocycles. The van der Waals surface area contributed by atoms with Gasteiger partial charge < -0.3 is 14.2 Å². The molecule has 122 valence electrons. The molecule has 0 aliphatic heterocycles. The highest BCUT2D eigenvalue weighted by Gasteiger charge is 2.39. The average molecular weight is 304 g/mol. The molecule has 7 nitrogen and oxygen atoms in total. The van der Waals surface area contributed by atoms with Gasteiger partial charge in [0, 0.05) is 13.5 Å². The van der Waals surface area contributed by atoms with Crippen LogP contribution in [-0.2, 0) is 33.6 Å². The van der Waals surface area contributed by atoms with E-state index in [-0.39, 0.29) is 25.4 Å². The lowest BCUT2D eigenvalue weighted by atomic mass is 10.2. The highest BCUT2D eigenvalue weighted by Crippen LogP contribution is 2.18. The van der Waals surface area contributed by atoms with Crippen molar-refractivity contribution in [2.45, 2.75) is 46.5 Å². The fraction of sp³-hybridized carbons (Fsp3) is 0.714. The molecule has 0 spiro atoms. The lowest BCUT2D eigenvalue weighted by molar-refractivity contribution is -0.421. The van der Waals surface area contributed by atoms with Gasteiger partial charge in [0.2, 0.25) is 0 Å². The summed E-state index contributed by atoms with van der Waals surface area (Å²) in [7, 11) is 0. The van der Waals surface area contributed by atoms with Crippen molar-refractivity contribution in [3.05, 3.63) is 12.2 Å². The second kappa shape index (κ2) is 9.49.